The van der Waals surface area contributed by atoms with Gasteiger partial charge in [-0.15, -0.1) is 0 Å². The molecular formula is C31H33N3O4. The summed E-state index contributed by atoms with van der Waals surface area (Å²) in [5.41, 5.74) is 4.06. The third kappa shape index (κ3) is 7.80. The summed E-state index contributed by atoms with van der Waals surface area (Å²) in [6.07, 6.45) is 4.37. The van der Waals surface area contributed by atoms with Crippen molar-refractivity contribution in [1.29, 1.82) is 0 Å². The fourth-order valence-corrected chi connectivity index (χ4v) is 3.97. The average molecular weight is 512 g/mol. The van der Waals surface area contributed by atoms with Gasteiger partial charge in [0.2, 0.25) is 11.8 Å². The Balaban J connectivity index is 0.000000617. The normalized spacial score (nSPS) is 12.3. The number of nitrogens with zero attached hydrogens (tertiary/aromatic N) is 3. The molecule has 196 valence electrons. The highest BCUT2D eigenvalue weighted by Gasteiger charge is 2.15. The van der Waals surface area contributed by atoms with Gasteiger partial charge in [0, 0.05) is 43.4 Å². The quantitative estimate of drug-likeness (QED) is 0.265. The van der Waals surface area contributed by atoms with E-state index in [2.05, 4.69) is 21.8 Å². The molecule has 0 aliphatic carbocycles. The minimum atomic E-state index is -0.245. The Morgan fingerprint density at radius 3 is 1.97 bits per heavy atom. The van der Waals surface area contributed by atoms with Crippen LogP contribution < -0.4 is 14.4 Å². The second kappa shape index (κ2) is 13.8. The Morgan fingerprint density at radius 2 is 1.42 bits per heavy atom. The van der Waals surface area contributed by atoms with Crippen LogP contribution >= 0.6 is 0 Å². The van der Waals surface area contributed by atoms with Crippen molar-refractivity contribution < 1.29 is 19.0 Å². The molecule has 0 N–H and O–H groups in total. The molecule has 0 radical (unpaired) electrons. The number of hydrogen-bond donors (Lipinski definition) is 0. The molecule has 0 unspecified atom stereocenters. The van der Waals surface area contributed by atoms with Gasteiger partial charge in [0.25, 0.3) is 0 Å². The average Bonchev–Trinajstić information content (AvgIpc) is 3.52. The van der Waals surface area contributed by atoms with Crippen molar-refractivity contribution in [2.75, 3.05) is 25.1 Å². The summed E-state index contributed by atoms with van der Waals surface area (Å²) < 4.78 is 16.2. The molecule has 1 aliphatic heterocycles. The van der Waals surface area contributed by atoms with Crippen molar-refractivity contribution in [3.63, 3.8) is 0 Å². The van der Waals surface area contributed by atoms with Gasteiger partial charge in [0.05, 0.1) is 7.11 Å². The maximum Gasteiger partial charge on any atom is 0.302 e. The monoisotopic (exact) mass is 511 g/mol. The summed E-state index contributed by atoms with van der Waals surface area (Å²) in [6.45, 7) is 4.40. The van der Waals surface area contributed by atoms with Gasteiger partial charge in [0.15, 0.2) is 0 Å². The molecular weight excluding hydrogens is 478 g/mol. The lowest BCUT2D eigenvalue weighted by Crippen LogP contribution is -2.18. The Hall–Kier alpha value is -4.39. The van der Waals surface area contributed by atoms with Crippen molar-refractivity contribution in [2.24, 2.45) is 0 Å². The van der Waals surface area contributed by atoms with Crippen molar-refractivity contribution in [2.45, 2.75) is 33.0 Å². The molecule has 7 nitrogen and oxygen atoms in total. The van der Waals surface area contributed by atoms with Crippen LogP contribution in [0.25, 0.3) is 11.1 Å². The van der Waals surface area contributed by atoms with E-state index in [0.717, 1.165) is 41.2 Å². The van der Waals surface area contributed by atoms with Gasteiger partial charge in [-0.1, -0.05) is 60.7 Å². The lowest BCUT2D eigenvalue weighted by molar-refractivity contribution is -0.137. The van der Waals surface area contributed by atoms with Crippen LogP contribution in [-0.2, 0) is 22.7 Å². The van der Waals surface area contributed by atoms with E-state index in [4.69, 9.17) is 19.4 Å². The first kappa shape index (κ1) is 26.7. The van der Waals surface area contributed by atoms with Crippen LogP contribution in [0.15, 0.2) is 91.1 Å². The maximum atomic E-state index is 9.59. The fraction of sp³-hybridized carbons (Fsp3) is 0.258. The molecule has 2 aromatic carbocycles. The molecule has 0 atom stereocenters. The molecule has 2 aromatic heterocycles. The number of rotatable bonds is 8. The number of benzene rings is 2. The third-order valence-corrected chi connectivity index (χ3v) is 6.06. The predicted octanol–water partition coefficient (Wildman–Crippen LogP) is 6.08. The molecule has 1 fully saturated rings. The predicted molar refractivity (Wildman–Crippen MR) is 148 cm³/mol. The van der Waals surface area contributed by atoms with Crippen LogP contribution in [0.5, 0.6) is 11.8 Å². The number of carbonyl (C=O) groups is 1. The van der Waals surface area contributed by atoms with Crippen molar-refractivity contribution >= 4 is 11.8 Å². The van der Waals surface area contributed by atoms with Crippen LogP contribution in [0.1, 0.15) is 30.9 Å². The van der Waals surface area contributed by atoms with E-state index >= 15 is 0 Å². The summed E-state index contributed by atoms with van der Waals surface area (Å²) in [5.74, 6) is 1.86. The second-order valence-corrected chi connectivity index (χ2v) is 8.85. The van der Waals surface area contributed by atoms with Gasteiger partial charge < -0.3 is 19.1 Å². The van der Waals surface area contributed by atoms with E-state index in [1.165, 1.54) is 26.9 Å². The van der Waals surface area contributed by atoms with Crippen molar-refractivity contribution in [3.05, 3.63) is 102 Å². The topological polar surface area (TPSA) is 73.8 Å². The number of ether oxygens (including phenoxy) is 3. The van der Waals surface area contributed by atoms with Crippen molar-refractivity contribution in [1.82, 2.24) is 9.97 Å². The second-order valence-electron chi connectivity index (χ2n) is 8.85. The minimum absolute atomic E-state index is 0.245. The van der Waals surface area contributed by atoms with Crippen LogP contribution in [0, 0.1) is 0 Å². The van der Waals surface area contributed by atoms with E-state index in [9.17, 15) is 4.79 Å². The highest BCUT2D eigenvalue weighted by molar-refractivity contribution is 5.69. The highest BCUT2D eigenvalue weighted by Crippen LogP contribution is 2.32. The van der Waals surface area contributed by atoms with Crippen molar-refractivity contribution in [3.8, 4) is 22.9 Å². The summed E-state index contributed by atoms with van der Waals surface area (Å²) in [7, 11) is 1.35. The molecule has 0 spiro atoms. The van der Waals surface area contributed by atoms with Gasteiger partial charge in [0.1, 0.15) is 19.0 Å². The first-order valence-corrected chi connectivity index (χ1v) is 12.7. The number of anilines is 1. The Labute approximate surface area is 224 Å². The lowest BCUT2D eigenvalue weighted by atomic mass is 10.1. The number of carbonyl (C=O) groups excluding carboxylic acids is 1. The lowest BCUT2D eigenvalue weighted by Gasteiger charge is -2.17. The zero-order valence-corrected chi connectivity index (χ0v) is 21.9. The molecule has 1 aliphatic rings. The summed E-state index contributed by atoms with van der Waals surface area (Å²) in [6, 6.07) is 28.2. The van der Waals surface area contributed by atoms with Gasteiger partial charge in [-0.05, 0) is 42.2 Å². The SMILES string of the molecule is COC(C)=O.c1ccc(COc2ccc(-c3ccc(N4CCCC4)nc3)c(OCc3ccccc3)n2)cc1. The number of methoxy groups -OCH3 is 1. The van der Waals surface area contributed by atoms with E-state index in [0.29, 0.717) is 25.0 Å². The highest BCUT2D eigenvalue weighted by atomic mass is 16.5. The molecule has 0 amide bonds. The number of pyridine rings is 2. The Kier molecular flexibility index (Phi) is 9.68. The summed E-state index contributed by atoms with van der Waals surface area (Å²) >= 11 is 0. The molecule has 38 heavy (non-hydrogen) atoms. The third-order valence-electron chi connectivity index (χ3n) is 6.06. The molecule has 4 aromatic rings. The molecule has 3 heterocycles. The van der Waals surface area contributed by atoms with Gasteiger partial charge in [-0.3, -0.25) is 4.79 Å². The van der Waals surface area contributed by atoms with Crippen LogP contribution in [0.3, 0.4) is 0 Å². The first-order chi connectivity index (χ1) is 18.6. The van der Waals surface area contributed by atoms with Crippen LogP contribution in [0.4, 0.5) is 5.82 Å². The Morgan fingerprint density at radius 1 is 0.816 bits per heavy atom. The van der Waals surface area contributed by atoms with E-state index in [1.807, 2.05) is 79.0 Å². The smallest absolute Gasteiger partial charge is 0.302 e. The summed E-state index contributed by atoms with van der Waals surface area (Å²) in [5, 5.41) is 0. The standard InChI is InChI=1S/C28H27N3O2.C3H6O2/c1-3-9-22(10-4-1)20-32-27-16-14-25(28(30-27)33-21-23-11-5-2-6-12-23)24-13-15-26(29-19-24)31-17-7-8-18-31;1-3(4)5-2/h1-6,9-16,19H,7-8,17-18,20-21H2;1-2H3. The van der Waals surface area contributed by atoms with E-state index in [1.54, 1.807) is 0 Å². The van der Waals surface area contributed by atoms with Gasteiger partial charge >= 0.3 is 5.97 Å². The maximum absolute atomic E-state index is 9.59. The first-order valence-electron chi connectivity index (χ1n) is 12.7. The molecule has 0 saturated carbocycles. The van der Waals surface area contributed by atoms with E-state index < -0.39 is 0 Å². The number of hydrogen-bond acceptors (Lipinski definition) is 7. The van der Waals surface area contributed by atoms with Gasteiger partial charge in [-0.25, -0.2) is 4.98 Å². The molecule has 1 saturated heterocycles. The molecule has 7 heteroatoms. The molecule has 5 rings (SSSR count). The van der Waals surface area contributed by atoms with Gasteiger partial charge in [-0.2, -0.15) is 4.98 Å². The molecule has 0 bridgehead atoms. The number of esters is 1. The van der Waals surface area contributed by atoms with Crippen LogP contribution in [-0.4, -0.2) is 36.1 Å². The zero-order chi connectivity index (χ0) is 26.6. The Bertz CT molecular complexity index is 1280. The summed E-state index contributed by atoms with van der Waals surface area (Å²) in [4.78, 5) is 21.3. The number of aromatic nitrogens is 2. The minimum Gasteiger partial charge on any atom is -0.473 e. The fourth-order valence-electron chi connectivity index (χ4n) is 3.97. The largest absolute Gasteiger partial charge is 0.473 e. The van der Waals surface area contributed by atoms with E-state index in [-0.39, 0.29) is 5.97 Å². The van der Waals surface area contributed by atoms with Crippen LogP contribution in [0.2, 0.25) is 0 Å². The zero-order valence-electron chi connectivity index (χ0n) is 21.9.